The molecule has 0 saturated carbocycles. The maximum absolute atomic E-state index is 13.4. The molecule has 0 radical (unpaired) electrons. The van der Waals surface area contributed by atoms with E-state index in [-0.39, 0.29) is 30.0 Å². The van der Waals surface area contributed by atoms with Crippen molar-refractivity contribution in [3.8, 4) is 16.9 Å². The van der Waals surface area contributed by atoms with E-state index in [0.29, 0.717) is 25.0 Å². The number of nitrogens with zero attached hydrogens (tertiary/aromatic N) is 4. The molecule has 5 heterocycles. The molecule has 8 rings (SSSR count). The van der Waals surface area contributed by atoms with Crippen LogP contribution in [0.2, 0.25) is 0 Å². The van der Waals surface area contributed by atoms with Gasteiger partial charge in [-0.05, 0) is 122 Å². The van der Waals surface area contributed by atoms with Gasteiger partial charge < -0.3 is 14.4 Å². The molecule has 274 valence electrons. The number of fused-ring (bicyclic) bond motifs is 5. The van der Waals surface area contributed by atoms with Crippen LogP contribution in [0.25, 0.3) is 22.3 Å². The molecule has 8 nitrogen and oxygen atoms in total. The molecule has 1 aliphatic carbocycles. The number of aliphatic imine (C=N–C) groups is 2. The summed E-state index contributed by atoms with van der Waals surface area (Å²) in [4.78, 5) is 40.7. The quantitative estimate of drug-likeness (QED) is 0.301. The molecule has 2 amide bonds. The summed E-state index contributed by atoms with van der Waals surface area (Å²) in [6.07, 6.45) is 9.20. The van der Waals surface area contributed by atoms with Gasteiger partial charge in [0.1, 0.15) is 18.0 Å². The lowest BCUT2D eigenvalue weighted by Crippen LogP contribution is -2.43. The highest BCUT2D eigenvalue weighted by molar-refractivity contribution is 6.06. The van der Waals surface area contributed by atoms with Crippen molar-refractivity contribution in [3.05, 3.63) is 64.5 Å². The average Bonchev–Trinajstić information content (AvgIpc) is 3.94. The normalized spacial score (nSPS) is 24.2. The van der Waals surface area contributed by atoms with E-state index in [1.165, 1.54) is 44.8 Å². The number of likely N-dealkylation sites (tertiary alicyclic amines) is 2. The van der Waals surface area contributed by atoms with Gasteiger partial charge in [0, 0.05) is 60.7 Å². The molecule has 52 heavy (non-hydrogen) atoms. The molecule has 5 aliphatic heterocycles. The zero-order valence-electron chi connectivity index (χ0n) is 32.1. The predicted octanol–water partition coefficient (Wildman–Crippen LogP) is 9.25. The molecular formula is C44H54N4O4. The van der Waals surface area contributed by atoms with E-state index in [0.717, 1.165) is 80.5 Å². The second-order valence-electron chi connectivity index (χ2n) is 17.2. The van der Waals surface area contributed by atoms with Crippen molar-refractivity contribution in [2.75, 3.05) is 13.1 Å². The molecule has 6 aliphatic rings. The van der Waals surface area contributed by atoms with Gasteiger partial charge in [-0.3, -0.25) is 19.7 Å². The lowest BCUT2D eigenvalue weighted by molar-refractivity contribution is -0.136. The largest absolute Gasteiger partial charge is 0.488 e. The fraction of sp³-hybridized carbons (Fsp3) is 0.545. The molecule has 2 saturated heterocycles. The summed E-state index contributed by atoms with van der Waals surface area (Å²) in [6, 6.07) is 11.4. The first kappa shape index (κ1) is 34.9. The van der Waals surface area contributed by atoms with E-state index in [1.54, 1.807) is 0 Å². The lowest BCUT2D eigenvalue weighted by Gasteiger charge is -2.29. The fourth-order valence-corrected chi connectivity index (χ4v) is 9.05. The Morgan fingerprint density at radius 3 is 2.56 bits per heavy atom. The summed E-state index contributed by atoms with van der Waals surface area (Å²) in [6.45, 7) is 16.4. The van der Waals surface area contributed by atoms with Crippen molar-refractivity contribution in [2.24, 2.45) is 27.7 Å². The third kappa shape index (κ3) is 6.30. The second kappa shape index (κ2) is 13.3. The van der Waals surface area contributed by atoms with Crippen LogP contribution < -0.4 is 4.74 Å². The van der Waals surface area contributed by atoms with Gasteiger partial charge in [-0.25, -0.2) is 4.79 Å². The Hall–Kier alpha value is -4.20. The predicted molar refractivity (Wildman–Crippen MR) is 207 cm³/mol. The maximum atomic E-state index is 13.4. The first-order valence-corrected chi connectivity index (χ1v) is 19.7. The highest BCUT2D eigenvalue weighted by Crippen LogP contribution is 2.47. The molecule has 8 heteroatoms. The third-order valence-electron chi connectivity index (χ3n) is 12.3. The number of hydrogen-bond donors (Lipinski definition) is 0. The molecule has 0 bridgehead atoms. The van der Waals surface area contributed by atoms with E-state index < -0.39 is 5.60 Å². The van der Waals surface area contributed by atoms with Crippen LogP contribution in [-0.2, 0) is 22.6 Å². The smallest absolute Gasteiger partial charge is 0.410 e. The highest BCUT2D eigenvalue weighted by atomic mass is 16.6. The second-order valence-corrected chi connectivity index (χ2v) is 17.2. The lowest BCUT2D eigenvalue weighted by atomic mass is 9.83. The Morgan fingerprint density at radius 1 is 0.962 bits per heavy atom. The van der Waals surface area contributed by atoms with Gasteiger partial charge in [0.05, 0.1) is 12.1 Å². The average molecular weight is 703 g/mol. The van der Waals surface area contributed by atoms with Crippen molar-refractivity contribution in [3.63, 3.8) is 0 Å². The number of hydrogen-bond acceptors (Lipinski definition) is 6. The Balaban J connectivity index is 0.974. The molecule has 0 spiro atoms. The van der Waals surface area contributed by atoms with E-state index in [4.69, 9.17) is 19.5 Å². The van der Waals surface area contributed by atoms with Gasteiger partial charge in [-0.15, -0.1) is 0 Å². The number of carbonyl (C=O) groups is 2. The number of ether oxygens (including phenoxy) is 2. The molecule has 0 N–H and O–H groups in total. The van der Waals surface area contributed by atoms with Crippen LogP contribution in [0.3, 0.4) is 0 Å². The minimum absolute atomic E-state index is 0.0246. The van der Waals surface area contributed by atoms with Crippen molar-refractivity contribution < 1.29 is 19.1 Å². The van der Waals surface area contributed by atoms with Crippen LogP contribution >= 0.6 is 0 Å². The van der Waals surface area contributed by atoms with E-state index in [9.17, 15) is 9.59 Å². The number of amides is 2. The van der Waals surface area contributed by atoms with Crippen LogP contribution in [-0.4, -0.2) is 64.0 Å². The van der Waals surface area contributed by atoms with Gasteiger partial charge in [0.2, 0.25) is 5.91 Å². The van der Waals surface area contributed by atoms with Crippen molar-refractivity contribution in [1.29, 1.82) is 0 Å². The number of aryl methyl sites for hydroxylation is 1. The third-order valence-corrected chi connectivity index (χ3v) is 12.3. The minimum atomic E-state index is -0.531. The Labute approximate surface area is 309 Å². The van der Waals surface area contributed by atoms with Crippen LogP contribution in [0.4, 0.5) is 4.79 Å². The SMILES string of the molecule is CC[C@H]1C[C@@H](C2=NC=C(c3ccc4c(c3)COc3cc5c(cc3-4)CCC3=C5CC([C@@H]4CCCN4C(=O)[C@@H](C)C(C)C)=N3)C2)N(C(=O)OC(C)(C)C)C1. The first-order valence-electron chi connectivity index (χ1n) is 19.7. The number of benzene rings is 2. The summed E-state index contributed by atoms with van der Waals surface area (Å²) in [5.41, 5.74) is 12.7. The summed E-state index contributed by atoms with van der Waals surface area (Å²) in [5.74, 6) is 2.02. The Kier molecular flexibility index (Phi) is 8.94. The van der Waals surface area contributed by atoms with E-state index in [1.807, 2.05) is 31.9 Å². The van der Waals surface area contributed by atoms with Crippen molar-refractivity contribution >= 4 is 34.6 Å². The summed E-state index contributed by atoms with van der Waals surface area (Å²) in [7, 11) is 0. The van der Waals surface area contributed by atoms with Crippen LogP contribution in [0.15, 0.2) is 52.2 Å². The van der Waals surface area contributed by atoms with Crippen LogP contribution in [0.5, 0.6) is 5.75 Å². The van der Waals surface area contributed by atoms with Gasteiger partial charge >= 0.3 is 6.09 Å². The maximum Gasteiger partial charge on any atom is 0.410 e. The highest BCUT2D eigenvalue weighted by Gasteiger charge is 2.41. The number of allylic oxidation sites excluding steroid dienone is 3. The first-order chi connectivity index (χ1) is 24.9. The molecule has 2 aromatic rings. The molecule has 0 aromatic heterocycles. The van der Waals surface area contributed by atoms with Crippen molar-refractivity contribution in [2.45, 2.75) is 124 Å². The summed E-state index contributed by atoms with van der Waals surface area (Å²) in [5, 5.41) is 0. The Bertz CT molecular complexity index is 1940. The number of rotatable bonds is 6. The zero-order chi connectivity index (χ0) is 36.5. The molecule has 0 unspecified atom stereocenters. The standard InChI is InChI=1S/C44H54N4O4/c1-8-27-16-40(48(23-27)43(50)52-44(5,6)7)37-19-30(22-45-37)28-11-13-32-31(17-28)24-51-41-21-33-29(18-35(32)41)12-14-36-34(33)20-38(46-36)39-10-9-15-47(39)42(49)26(4)25(2)3/h11,13,17-18,21-22,25-27,39-40H,8-10,12,14-16,19-20,23-24H2,1-7H3/t26-,27-,39-,40-/m0/s1. The fourth-order valence-electron chi connectivity index (χ4n) is 9.05. The molecule has 2 aromatic carbocycles. The van der Waals surface area contributed by atoms with Crippen LogP contribution in [0, 0.1) is 17.8 Å². The van der Waals surface area contributed by atoms with E-state index >= 15 is 0 Å². The van der Waals surface area contributed by atoms with Crippen molar-refractivity contribution in [1.82, 2.24) is 9.80 Å². The van der Waals surface area contributed by atoms with Gasteiger partial charge in [-0.1, -0.05) is 46.2 Å². The van der Waals surface area contributed by atoms with E-state index in [2.05, 4.69) is 62.9 Å². The minimum Gasteiger partial charge on any atom is -0.488 e. The molecular weight excluding hydrogens is 649 g/mol. The Morgan fingerprint density at radius 2 is 1.79 bits per heavy atom. The van der Waals surface area contributed by atoms with Crippen LogP contribution in [0.1, 0.15) is 116 Å². The molecule has 2 fully saturated rings. The van der Waals surface area contributed by atoms with Gasteiger partial charge in [0.25, 0.3) is 0 Å². The van der Waals surface area contributed by atoms with Gasteiger partial charge in [-0.2, -0.15) is 0 Å². The number of carbonyl (C=O) groups excluding carboxylic acids is 2. The zero-order valence-corrected chi connectivity index (χ0v) is 32.1. The summed E-state index contributed by atoms with van der Waals surface area (Å²) < 4.78 is 12.3. The summed E-state index contributed by atoms with van der Waals surface area (Å²) >= 11 is 0. The molecule has 4 atom stereocenters. The van der Waals surface area contributed by atoms with Gasteiger partial charge in [0.15, 0.2) is 0 Å². The monoisotopic (exact) mass is 702 g/mol. The topological polar surface area (TPSA) is 83.8 Å².